The van der Waals surface area contributed by atoms with E-state index in [2.05, 4.69) is 0 Å². The monoisotopic (exact) mass is 1300 g/mol. The molecule has 40 heteroatoms. The number of ether oxygens (including phenoxy) is 16. The highest BCUT2D eigenvalue weighted by atomic mass is 16.8. The molecule has 0 aliphatic carbocycles. The predicted molar refractivity (Wildman–Crippen MR) is 261 cm³/mol. The van der Waals surface area contributed by atoms with Gasteiger partial charge in [0.2, 0.25) is 0 Å². The maximum absolute atomic E-state index is 11.4. The lowest BCUT2D eigenvalue weighted by atomic mass is 9.94. The zero-order valence-corrected chi connectivity index (χ0v) is 46.0. The Morgan fingerprint density at radius 3 is 0.307 bits per heavy atom. The first kappa shape index (κ1) is 70.7. The smallest absolute Gasteiger partial charge is 0.187 e. The molecular formula is C48H80O40. The van der Waals surface area contributed by atoms with E-state index in [1.54, 1.807) is 0 Å². The quantitative estimate of drug-likeness (QED) is 0.107. The van der Waals surface area contributed by atoms with Gasteiger partial charge in [0, 0.05) is 0 Å². The third kappa shape index (κ3) is 13.8. The summed E-state index contributed by atoms with van der Waals surface area (Å²) in [5.74, 6) is 0. The highest BCUT2D eigenvalue weighted by molar-refractivity contribution is 5.02. The maximum atomic E-state index is 11.4. The Labute approximate surface area is 496 Å². The van der Waals surface area contributed by atoms with Crippen molar-refractivity contribution in [2.24, 2.45) is 0 Å². The molecule has 88 heavy (non-hydrogen) atoms. The van der Waals surface area contributed by atoms with Gasteiger partial charge in [-0.1, -0.05) is 0 Å². The summed E-state index contributed by atoms with van der Waals surface area (Å²) in [7, 11) is 0. The minimum Gasteiger partial charge on any atom is -0.394 e. The second kappa shape index (κ2) is 30.0. The van der Waals surface area contributed by atoms with Crippen molar-refractivity contribution in [1.82, 2.24) is 0 Å². The van der Waals surface area contributed by atoms with Gasteiger partial charge in [-0.3, -0.25) is 0 Å². The molecule has 30 rings (SSSR count). The number of rotatable bonds is 8. The summed E-state index contributed by atoms with van der Waals surface area (Å²) in [6, 6.07) is 0. The summed E-state index contributed by atoms with van der Waals surface area (Å²) in [6.45, 7) is -8.64. The number of aliphatic hydroxyl groups excluding tert-OH is 24. The Balaban J connectivity index is 0.975. The molecule has 0 saturated carbocycles. The van der Waals surface area contributed by atoms with Crippen molar-refractivity contribution in [1.29, 1.82) is 0 Å². The first-order valence-electron chi connectivity index (χ1n) is 28.1. The average Bonchev–Trinajstić information content (AvgIpc) is 0.985. The van der Waals surface area contributed by atoms with Crippen molar-refractivity contribution >= 4 is 0 Å². The number of hydrogen-bond donors (Lipinski definition) is 24. The predicted octanol–water partition coefficient (Wildman–Crippen LogP) is -17.4. The Morgan fingerprint density at radius 2 is 0.227 bits per heavy atom. The van der Waals surface area contributed by atoms with Crippen molar-refractivity contribution in [3.63, 3.8) is 0 Å². The van der Waals surface area contributed by atoms with Crippen LogP contribution in [-0.2, 0) is 75.8 Å². The first-order valence-corrected chi connectivity index (χ1v) is 28.1. The second-order valence-electron chi connectivity index (χ2n) is 22.5. The van der Waals surface area contributed by atoms with Crippen LogP contribution in [0.2, 0.25) is 0 Å². The Kier molecular flexibility index (Phi) is 24.1. The SMILES string of the molecule is OCC1OC2OC3C(CO)OC(OC4C(CO)OC(OC5C(CO)OC(O[C@@H]6C(CO)OC(OC7C(CO)OC(OC8C(CO)OC(OC9C(CO)OC(OC1C(O)C2O)C(O)C9O)C(O)C8O)C(O)C7O)C(O)C6O)C(O)C5O)C(O)C4O)C(O)C3O. The van der Waals surface area contributed by atoms with E-state index in [0.717, 1.165) is 0 Å². The Morgan fingerprint density at radius 1 is 0.136 bits per heavy atom. The van der Waals surface area contributed by atoms with E-state index in [1.807, 2.05) is 0 Å². The van der Waals surface area contributed by atoms with Gasteiger partial charge in [-0.2, -0.15) is 0 Å². The molecule has 24 N–H and O–H groups in total. The molecule has 512 valence electrons. The highest BCUT2D eigenvalue weighted by Crippen LogP contribution is 2.40. The summed E-state index contributed by atoms with van der Waals surface area (Å²) in [4.78, 5) is 0. The van der Waals surface area contributed by atoms with Gasteiger partial charge in [-0.15, -0.1) is 0 Å². The van der Waals surface area contributed by atoms with Crippen LogP contribution in [0.3, 0.4) is 0 Å². The molecule has 0 spiro atoms. The van der Waals surface area contributed by atoms with Gasteiger partial charge < -0.3 is 198 Å². The van der Waals surface area contributed by atoms with Crippen LogP contribution in [0, 0.1) is 0 Å². The molecule has 16 bridgehead atoms. The van der Waals surface area contributed by atoms with E-state index in [1.165, 1.54) is 0 Å². The minimum absolute atomic E-state index is 1.08. The molecule has 40 atom stereocenters. The topological polar surface area (TPSA) is 633 Å². The highest BCUT2D eigenvalue weighted by Gasteiger charge is 2.60. The van der Waals surface area contributed by atoms with Gasteiger partial charge in [-0.25, -0.2) is 0 Å². The van der Waals surface area contributed by atoms with Crippen molar-refractivity contribution < 1.29 is 198 Å². The van der Waals surface area contributed by atoms with Crippen LogP contribution in [0.25, 0.3) is 0 Å². The molecule has 30 saturated heterocycles. The molecule has 0 aromatic carbocycles. The maximum Gasteiger partial charge on any atom is 0.187 e. The molecule has 30 aliphatic rings. The van der Waals surface area contributed by atoms with E-state index < -0.39 is 299 Å². The fourth-order valence-corrected chi connectivity index (χ4v) is 11.9. The molecule has 39 unspecified atom stereocenters. The Hall–Kier alpha value is -1.60. The fraction of sp³-hybridized carbons (Fsp3) is 1.00. The summed E-state index contributed by atoms with van der Waals surface area (Å²) in [5.41, 5.74) is 0. The van der Waals surface area contributed by atoms with Crippen molar-refractivity contribution in [3.05, 3.63) is 0 Å². The van der Waals surface area contributed by atoms with Gasteiger partial charge in [0.25, 0.3) is 0 Å². The average molecular weight is 1300 g/mol. The molecular weight excluding hydrogens is 1220 g/mol. The van der Waals surface area contributed by atoms with Gasteiger partial charge in [0.1, 0.15) is 195 Å². The largest absolute Gasteiger partial charge is 0.394 e. The summed E-state index contributed by atoms with van der Waals surface area (Å²) < 4.78 is 91.1. The van der Waals surface area contributed by atoms with Crippen LogP contribution >= 0.6 is 0 Å². The lowest BCUT2D eigenvalue weighted by Gasteiger charge is -2.50. The number of aliphatic hydroxyl groups is 24. The number of hydrogen-bond acceptors (Lipinski definition) is 40. The first-order chi connectivity index (χ1) is 41.9. The zero-order valence-electron chi connectivity index (χ0n) is 46.0. The van der Waals surface area contributed by atoms with Gasteiger partial charge in [0.05, 0.1) is 52.9 Å². The standard InChI is InChI=1S/C48H80O40/c49-1-9-33-17(57)25(65)41(73-9)82-34-10(2-50)75-43(27(67)19(34)59)84-36-12(4-52)77-45(29(69)21(36)61)86-38-14(6-54)79-47(31(71)23(38)63)88-40-16(8-56)80-48(32(72)24(40)64)87-39-15(7-55)78-46(30(70)22(39)62)85-37-13(5-53)76-44(28(68)20(37)60)83-35-11(3-51)74-42(81-33)26(66)18(35)58/h9-72H,1-8H2/t9?,10?,11?,12?,13?,14?,15?,16?,17?,18?,19?,20?,21?,22?,23?,24?,25?,26?,27?,28?,29?,30?,31?,32?,33-,34?,35?,36?,37?,38?,39?,40?,41?,42?,43?,44?,45?,46?,47?,48?/m1/s1. The van der Waals surface area contributed by atoms with Crippen LogP contribution in [-0.4, -0.2) is 421 Å². The van der Waals surface area contributed by atoms with Crippen molar-refractivity contribution in [3.8, 4) is 0 Å². The van der Waals surface area contributed by atoms with Crippen LogP contribution in [0.1, 0.15) is 0 Å². The van der Waals surface area contributed by atoms with Crippen LogP contribution in [0.4, 0.5) is 0 Å². The molecule has 0 amide bonds. The molecule has 30 fully saturated rings. The van der Waals surface area contributed by atoms with E-state index >= 15 is 0 Å². The van der Waals surface area contributed by atoms with E-state index in [0.29, 0.717) is 0 Å². The molecule has 30 aliphatic heterocycles. The third-order valence-corrected chi connectivity index (χ3v) is 16.9. The third-order valence-electron chi connectivity index (χ3n) is 16.9. The summed E-state index contributed by atoms with van der Waals surface area (Å²) >= 11 is 0. The normalized spacial score (nSPS) is 55.4. The van der Waals surface area contributed by atoms with E-state index in [4.69, 9.17) is 75.8 Å². The molecule has 40 nitrogen and oxygen atoms in total. The second-order valence-corrected chi connectivity index (χ2v) is 22.5. The summed E-state index contributed by atoms with van der Waals surface area (Å²) in [6.07, 6.45) is -82.0. The lowest BCUT2D eigenvalue weighted by molar-refractivity contribution is -0.404. The van der Waals surface area contributed by atoms with Crippen LogP contribution in [0.15, 0.2) is 0 Å². The minimum atomic E-state index is -2.25. The summed E-state index contributed by atoms with van der Waals surface area (Å²) in [5, 5.41) is 265. The molecule has 0 radical (unpaired) electrons. The zero-order chi connectivity index (χ0) is 64.1. The van der Waals surface area contributed by atoms with Crippen molar-refractivity contribution in [2.45, 2.75) is 246 Å². The van der Waals surface area contributed by atoms with Gasteiger partial charge in [-0.05, 0) is 0 Å². The van der Waals surface area contributed by atoms with Gasteiger partial charge in [0.15, 0.2) is 50.3 Å². The van der Waals surface area contributed by atoms with E-state index in [-0.39, 0.29) is 0 Å². The molecule has 30 heterocycles. The van der Waals surface area contributed by atoms with Crippen LogP contribution < -0.4 is 0 Å². The van der Waals surface area contributed by atoms with E-state index in [9.17, 15) is 123 Å². The Bertz CT molecular complexity index is 1700. The lowest BCUT2D eigenvalue weighted by Crippen LogP contribution is -2.69. The van der Waals surface area contributed by atoms with Crippen molar-refractivity contribution in [2.75, 3.05) is 52.9 Å². The molecule has 0 aromatic rings. The fourth-order valence-electron chi connectivity index (χ4n) is 11.9. The van der Waals surface area contributed by atoms with Crippen LogP contribution in [0.5, 0.6) is 0 Å². The van der Waals surface area contributed by atoms with Gasteiger partial charge >= 0.3 is 0 Å². The molecule has 0 aromatic heterocycles.